The van der Waals surface area contributed by atoms with E-state index in [1.807, 2.05) is 6.92 Å². The van der Waals surface area contributed by atoms with Gasteiger partial charge in [0.2, 0.25) is 0 Å². The number of nitro groups is 1. The fourth-order valence-electron chi connectivity index (χ4n) is 1.84. The average molecular weight is 325 g/mol. The highest BCUT2D eigenvalue weighted by molar-refractivity contribution is 7.84. The zero-order valence-corrected chi connectivity index (χ0v) is 12.8. The van der Waals surface area contributed by atoms with Crippen molar-refractivity contribution in [1.82, 2.24) is 0 Å². The Kier molecular flexibility index (Phi) is 4.59. The van der Waals surface area contributed by atoms with Crippen LogP contribution in [0.1, 0.15) is 11.1 Å². The summed E-state index contributed by atoms with van der Waals surface area (Å²) in [7, 11) is -1.39. The molecule has 0 aliphatic heterocycles. The lowest BCUT2D eigenvalue weighted by Crippen LogP contribution is -2.02. The topological polar surface area (TPSA) is 86.2 Å². The minimum absolute atomic E-state index is 0.0524. The van der Waals surface area contributed by atoms with Gasteiger partial charge in [-0.1, -0.05) is 11.6 Å². The highest BCUT2D eigenvalue weighted by Crippen LogP contribution is 2.26. The molecular weight excluding hydrogens is 312 g/mol. The molecule has 2 aromatic carbocycles. The van der Waals surface area contributed by atoms with Gasteiger partial charge in [0.25, 0.3) is 5.69 Å². The molecule has 2 aromatic rings. The first kappa shape index (κ1) is 15.5. The summed E-state index contributed by atoms with van der Waals surface area (Å²) in [5, 5.41) is 11.3. The van der Waals surface area contributed by atoms with Crippen molar-refractivity contribution < 1.29 is 9.13 Å². The zero-order valence-electron chi connectivity index (χ0n) is 11.2. The minimum Gasteiger partial charge on any atom is -0.399 e. The van der Waals surface area contributed by atoms with Crippen LogP contribution in [-0.2, 0) is 16.6 Å². The van der Waals surface area contributed by atoms with Gasteiger partial charge in [0.05, 0.1) is 21.5 Å². The summed E-state index contributed by atoms with van der Waals surface area (Å²) in [6.07, 6.45) is 0. The van der Waals surface area contributed by atoms with Crippen LogP contribution < -0.4 is 5.73 Å². The van der Waals surface area contributed by atoms with Crippen molar-refractivity contribution in [1.29, 1.82) is 0 Å². The maximum absolute atomic E-state index is 12.4. The summed E-state index contributed by atoms with van der Waals surface area (Å²) in [5.41, 5.74) is 7.43. The van der Waals surface area contributed by atoms with Gasteiger partial charge in [-0.3, -0.25) is 14.3 Å². The van der Waals surface area contributed by atoms with E-state index in [0.29, 0.717) is 16.1 Å². The van der Waals surface area contributed by atoms with Crippen molar-refractivity contribution in [3.05, 3.63) is 62.7 Å². The molecular formula is C14H13ClN2O3S. The summed E-state index contributed by atoms with van der Waals surface area (Å²) in [6.45, 7) is 1.82. The van der Waals surface area contributed by atoms with Crippen LogP contribution in [0, 0.1) is 17.0 Å². The quantitative estimate of drug-likeness (QED) is 0.530. The van der Waals surface area contributed by atoms with Crippen LogP contribution in [0.3, 0.4) is 0 Å². The molecule has 1 atom stereocenters. The van der Waals surface area contributed by atoms with Gasteiger partial charge in [0.1, 0.15) is 0 Å². The molecule has 0 fully saturated rings. The SMILES string of the molecule is Cc1cc(S(=O)Cc2ccc(Cl)cc2[N+](=O)[O-])ccc1N. The predicted molar refractivity (Wildman–Crippen MR) is 83.8 cm³/mol. The Hall–Kier alpha value is -1.92. The fourth-order valence-corrected chi connectivity index (χ4v) is 3.23. The van der Waals surface area contributed by atoms with Crippen LogP contribution in [0.15, 0.2) is 41.3 Å². The number of benzene rings is 2. The first-order chi connectivity index (χ1) is 9.88. The summed E-state index contributed by atoms with van der Waals surface area (Å²) in [4.78, 5) is 11.1. The highest BCUT2D eigenvalue weighted by Gasteiger charge is 2.17. The smallest absolute Gasteiger partial charge is 0.275 e. The van der Waals surface area contributed by atoms with E-state index < -0.39 is 15.7 Å². The third-order valence-corrected chi connectivity index (χ3v) is 4.62. The molecule has 1 unspecified atom stereocenters. The maximum Gasteiger partial charge on any atom is 0.275 e. The first-order valence-electron chi connectivity index (χ1n) is 6.06. The third-order valence-electron chi connectivity index (χ3n) is 3.03. The second-order valence-corrected chi connectivity index (χ2v) is 6.43. The normalized spacial score (nSPS) is 12.1. The number of nitrogen functional groups attached to an aromatic ring is 1. The summed E-state index contributed by atoms with van der Waals surface area (Å²) in [5.74, 6) is 0.0524. The number of nitro benzene ring substituents is 1. The number of nitrogens with two attached hydrogens (primary N) is 1. The molecule has 0 saturated carbocycles. The Morgan fingerprint density at radius 1 is 1.29 bits per heavy atom. The predicted octanol–water partition coefficient (Wildman–Crippen LogP) is 3.45. The second kappa shape index (κ2) is 6.24. The number of aryl methyl sites for hydroxylation is 1. The molecule has 0 aliphatic rings. The molecule has 2 rings (SSSR count). The van der Waals surface area contributed by atoms with Crippen LogP contribution in [0.25, 0.3) is 0 Å². The van der Waals surface area contributed by atoms with Crippen molar-refractivity contribution in [3.63, 3.8) is 0 Å². The average Bonchev–Trinajstić information content (AvgIpc) is 2.43. The molecule has 0 spiro atoms. The second-order valence-electron chi connectivity index (χ2n) is 4.54. The largest absolute Gasteiger partial charge is 0.399 e. The molecule has 0 amide bonds. The number of halogens is 1. The molecule has 2 N–H and O–H groups in total. The number of anilines is 1. The van der Waals surface area contributed by atoms with E-state index in [-0.39, 0.29) is 16.5 Å². The van der Waals surface area contributed by atoms with Gasteiger partial charge in [0.15, 0.2) is 0 Å². The van der Waals surface area contributed by atoms with Gasteiger partial charge in [-0.15, -0.1) is 0 Å². The third kappa shape index (κ3) is 3.59. The van der Waals surface area contributed by atoms with Gasteiger partial charge < -0.3 is 5.73 Å². The first-order valence-corrected chi connectivity index (χ1v) is 7.75. The lowest BCUT2D eigenvalue weighted by molar-refractivity contribution is -0.385. The van der Waals surface area contributed by atoms with Crippen molar-refractivity contribution in [2.45, 2.75) is 17.6 Å². The molecule has 7 heteroatoms. The highest BCUT2D eigenvalue weighted by atomic mass is 35.5. The Morgan fingerprint density at radius 2 is 2.00 bits per heavy atom. The van der Waals surface area contributed by atoms with Crippen molar-refractivity contribution in [2.75, 3.05) is 5.73 Å². The summed E-state index contributed by atoms with van der Waals surface area (Å²) in [6, 6.07) is 9.42. The molecule has 0 heterocycles. The molecule has 21 heavy (non-hydrogen) atoms. The van der Waals surface area contributed by atoms with Crippen LogP contribution >= 0.6 is 11.6 Å². The van der Waals surface area contributed by atoms with Gasteiger partial charge in [-0.25, -0.2) is 0 Å². The Morgan fingerprint density at radius 3 is 2.62 bits per heavy atom. The molecule has 0 radical (unpaired) electrons. The van der Waals surface area contributed by atoms with Gasteiger partial charge >= 0.3 is 0 Å². The standard InChI is InChI=1S/C14H13ClN2O3S/c1-9-6-12(4-5-13(9)16)21(20)8-10-2-3-11(15)7-14(10)17(18)19/h2-7H,8,16H2,1H3. The molecule has 0 bridgehead atoms. The molecule has 0 aromatic heterocycles. The van der Waals surface area contributed by atoms with E-state index in [0.717, 1.165) is 5.56 Å². The Labute approximate surface area is 129 Å². The maximum atomic E-state index is 12.4. The number of nitrogens with zero attached hydrogens (tertiary/aromatic N) is 1. The van der Waals surface area contributed by atoms with Gasteiger partial charge in [-0.2, -0.15) is 0 Å². The van der Waals surface area contributed by atoms with E-state index in [2.05, 4.69) is 0 Å². The van der Waals surface area contributed by atoms with Crippen molar-refractivity contribution in [3.8, 4) is 0 Å². The monoisotopic (exact) mass is 324 g/mol. The van der Waals surface area contributed by atoms with Crippen molar-refractivity contribution in [2.24, 2.45) is 0 Å². The Balaban J connectivity index is 2.31. The van der Waals surface area contributed by atoms with Crippen LogP contribution in [0.5, 0.6) is 0 Å². The number of hydrogen-bond donors (Lipinski definition) is 1. The van der Waals surface area contributed by atoms with Gasteiger partial charge in [-0.05, 0) is 42.8 Å². The number of hydrogen-bond acceptors (Lipinski definition) is 4. The van der Waals surface area contributed by atoms with Crippen LogP contribution in [0.2, 0.25) is 5.02 Å². The fraction of sp³-hybridized carbons (Fsp3) is 0.143. The van der Waals surface area contributed by atoms with Crippen LogP contribution in [0.4, 0.5) is 11.4 Å². The molecule has 5 nitrogen and oxygen atoms in total. The Bertz CT molecular complexity index is 734. The van der Waals surface area contributed by atoms with E-state index in [1.54, 1.807) is 24.3 Å². The lowest BCUT2D eigenvalue weighted by atomic mass is 10.2. The van der Waals surface area contributed by atoms with Gasteiger partial charge in [0, 0.05) is 27.2 Å². The van der Waals surface area contributed by atoms with E-state index in [9.17, 15) is 14.3 Å². The number of rotatable bonds is 4. The molecule has 0 saturated heterocycles. The molecule has 110 valence electrons. The van der Waals surface area contributed by atoms with E-state index in [4.69, 9.17) is 17.3 Å². The minimum atomic E-state index is -1.39. The molecule has 0 aliphatic carbocycles. The van der Waals surface area contributed by atoms with E-state index in [1.165, 1.54) is 12.1 Å². The summed E-state index contributed by atoms with van der Waals surface area (Å²) >= 11 is 5.76. The lowest BCUT2D eigenvalue weighted by Gasteiger charge is -2.06. The van der Waals surface area contributed by atoms with Crippen LogP contribution in [-0.4, -0.2) is 9.13 Å². The summed E-state index contributed by atoms with van der Waals surface area (Å²) < 4.78 is 12.4. The van der Waals surface area contributed by atoms with Crippen molar-refractivity contribution >= 4 is 33.8 Å². The van der Waals surface area contributed by atoms with E-state index >= 15 is 0 Å². The zero-order chi connectivity index (χ0) is 15.6.